The fourth-order valence-electron chi connectivity index (χ4n) is 4.22. The fourth-order valence-corrected chi connectivity index (χ4v) is 4.34. The Kier molecular flexibility index (Phi) is 5.82. The first-order valence-electron chi connectivity index (χ1n) is 10.4. The largest absolute Gasteiger partial charge is 0.206 e. The van der Waals surface area contributed by atoms with Crippen LogP contribution in [0.5, 0.6) is 0 Å². The maximum atomic E-state index is 14.8. The number of fused-ring (bicyclic) bond motifs is 3. The summed E-state index contributed by atoms with van der Waals surface area (Å²) in [6, 6.07) is 17.8. The van der Waals surface area contributed by atoms with Crippen molar-refractivity contribution in [1.29, 1.82) is 0 Å². The summed E-state index contributed by atoms with van der Waals surface area (Å²) in [5, 5.41) is 0.667. The van der Waals surface area contributed by atoms with Gasteiger partial charge in [0.15, 0.2) is 0 Å². The summed E-state index contributed by atoms with van der Waals surface area (Å²) in [6.07, 6.45) is 8.53. The molecule has 0 unspecified atom stereocenters. The predicted molar refractivity (Wildman–Crippen MR) is 118 cm³/mol. The van der Waals surface area contributed by atoms with Crippen molar-refractivity contribution >= 4 is 11.6 Å². The molecule has 0 heterocycles. The van der Waals surface area contributed by atoms with Crippen LogP contribution < -0.4 is 0 Å². The second-order valence-electron chi connectivity index (χ2n) is 7.83. The summed E-state index contributed by atoms with van der Waals surface area (Å²) in [6.45, 7) is 2.25. The van der Waals surface area contributed by atoms with Crippen molar-refractivity contribution in [2.75, 3.05) is 0 Å². The van der Waals surface area contributed by atoms with Crippen LogP contribution >= 0.6 is 11.6 Å². The molecule has 3 aromatic rings. The van der Waals surface area contributed by atoms with Gasteiger partial charge >= 0.3 is 0 Å². The standard InChI is InChI=1S/C26H26ClF/c1-2-3-4-5-6-7-18-8-13-23-20(14-18)15-21-16-25(26(28)17-24(21)23)19-9-11-22(27)12-10-19/h8-14,16-17H,2-7,15H2,1H3. The summed E-state index contributed by atoms with van der Waals surface area (Å²) < 4.78 is 14.8. The second kappa shape index (κ2) is 8.49. The molecular weight excluding hydrogens is 367 g/mol. The summed E-state index contributed by atoms with van der Waals surface area (Å²) in [5.74, 6) is -0.172. The van der Waals surface area contributed by atoms with Crippen molar-refractivity contribution in [2.45, 2.75) is 51.9 Å². The Labute approximate surface area is 172 Å². The Morgan fingerprint density at radius 1 is 0.786 bits per heavy atom. The Morgan fingerprint density at radius 3 is 2.32 bits per heavy atom. The molecule has 0 fully saturated rings. The molecule has 0 saturated heterocycles. The third-order valence-electron chi connectivity index (χ3n) is 5.76. The number of aryl methyl sites for hydroxylation is 1. The molecule has 1 aliphatic rings. The number of benzene rings is 3. The van der Waals surface area contributed by atoms with Gasteiger partial charge in [0, 0.05) is 10.6 Å². The van der Waals surface area contributed by atoms with Gasteiger partial charge in [-0.3, -0.25) is 0 Å². The van der Waals surface area contributed by atoms with Crippen molar-refractivity contribution in [3.05, 3.63) is 82.1 Å². The van der Waals surface area contributed by atoms with Gasteiger partial charge in [-0.1, -0.05) is 74.5 Å². The summed E-state index contributed by atoms with van der Waals surface area (Å²) in [4.78, 5) is 0. The molecule has 0 saturated carbocycles. The van der Waals surface area contributed by atoms with Crippen molar-refractivity contribution in [2.24, 2.45) is 0 Å². The van der Waals surface area contributed by atoms with Crippen LogP contribution in [-0.2, 0) is 12.8 Å². The summed E-state index contributed by atoms with van der Waals surface area (Å²) in [7, 11) is 0. The minimum Gasteiger partial charge on any atom is -0.206 e. The normalized spacial score (nSPS) is 12.1. The van der Waals surface area contributed by atoms with E-state index in [0.29, 0.717) is 10.6 Å². The van der Waals surface area contributed by atoms with Crippen LogP contribution in [0.1, 0.15) is 55.7 Å². The van der Waals surface area contributed by atoms with Crippen molar-refractivity contribution in [1.82, 2.24) is 0 Å². The van der Waals surface area contributed by atoms with Gasteiger partial charge in [-0.25, -0.2) is 4.39 Å². The van der Waals surface area contributed by atoms with Gasteiger partial charge in [-0.2, -0.15) is 0 Å². The van der Waals surface area contributed by atoms with Crippen LogP contribution in [0.3, 0.4) is 0 Å². The zero-order valence-corrected chi connectivity index (χ0v) is 17.2. The van der Waals surface area contributed by atoms with Crippen LogP contribution in [0.2, 0.25) is 5.02 Å². The highest BCUT2D eigenvalue weighted by Gasteiger charge is 2.21. The maximum Gasteiger partial charge on any atom is 0.131 e. The van der Waals surface area contributed by atoms with Gasteiger partial charge in [-0.05, 0) is 76.9 Å². The molecule has 144 valence electrons. The zero-order chi connectivity index (χ0) is 19.5. The number of rotatable bonds is 7. The van der Waals surface area contributed by atoms with Gasteiger partial charge in [0.05, 0.1) is 0 Å². The van der Waals surface area contributed by atoms with E-state index in [9.17, 15) is 4.39 Å². The Hall–Kier alpha value is -2.12. The molecule has 0 N–H and O–H groups in total. The van der Waals surface area contributed by atoms with E-state index in [1.165, 1.54) is 54.4 Å². The molecule has 0 aliphatic heterocycles. The first-order valence-corrected chi connectivity index (χ1v) is 10.7. The number of halogens is 2. The van der Waals surface area contributed by atoms with Gasteiger partial charge < -0.3 is 0 Å². The van der Waals surface area contributed by atoms with E-state index in [-0.39, 0.29) is 5.82 Å². The summed E-state index contributed by atoms with van der Waals surface area (Å²) >= 11 is 5.98. The third-order valence-corrected chi connectivity index (χ3v) is 6.01. The van der Waals surface area contributed by atoms with E-state index in [1.807, 2.05) is 30.3 Å². The molecule has 1 aliphatic carbocycles. The van der Waals surface area contributed by atoms with E-state index in [1.54, 1.807) is 6.07 Å². The Balaban J connectivity index is 1.54. The molecule has 2 heteroatoms. The molecule has 0 atom stereocenters. The molecule has 28 heavy (non-hydrogen) atoms. The topological polar surface area (TPSA) is 0 Å². The van der Waals surface area contributed by atoms with Crippen LogP contribution in [0, 0.1) is 5.82 Å². The lowest BCUT2D eigenvalue weighted by Crippen LogP contribution is -1.89. The van der Waals surface area contributed by atoms with Crippen LogP contribution in [-0.4, -0.2) is 0 Å². The quantitative estimate of drug-likeness (QED) is 0.278. The fraction of sp³-hybridized carbons (Fsp3) is 0.308. The third kappa shape index (κ3) is 4.00. The minimum atomic E-state index is -0.172. The molecule has 0 spiro atoms. The molecule has 4 rings (SSSR count). The lowest BCUT2D eigenvalue weighted by molar-refractivity contribution is 0.631. The molecule has 0 aromatic heterocycles. The SMILES string of the molecule is CCCCCCCc1ccc2c(c1)Cc1cc(-c3ccc(Cl)cc3)c(F)cc1-2. The van der Waals surface area contributed by atoms with E-state index in [4.69, 9.17) is 11.6 Å². The minimum absolute atomic E-state index is 0.172. The number of hydrogen-bond acceptors (Lipinski definition) is 0. The highest BCUT2D eigenvalue weighted by atomic mass is 35.5. The Bertz CT molecular complexity index is 972. The molecule has 0 bridgehead atoms. The van der Waals surface area contributed by atoms with E-state index in [2.05, 4.69) is 25.1 Å². The van der Waals surface area contributed by atoms with Crippen LogP contribution in [0.4, 0.5) is 4.39 Å². The van der Waals surface area contributed by atoms with Gasteiger partial charge in [0.25, 0.3) is 0 Å². The molecule has 0 amide bonds. The smallest absolute Gasteiger partial charge is 0.131 e. The number of unbranched alkanes of at least 4 members (excludes halogenated alkanes) is 4. The van der Waals surface area contributed by atoms with Crippen molar-refractivity contribution < 1.29 is 4.39 Å². The molecule has 3 aromatic carbocycles. The monoisotopic (exact) mass is 392 g/mol. The molecular formula is C26H26ClF. The average molecular weight is 393 g/mol. The predicted octanol–water partition coefficient (Wildman–Crippen LogP) is 8.23. The molecule has 0 radical (unpaired) electrons. The number of hydrogen-bond donors (Lipinski definition) is 0. The lowest BCUT2D eigenvalue weighted by atomic mass is 9.98. The van der Waals surface area contributed by atoms with Gasteiger partial charge in [-0.15, -0.1) is 0 Å². The molecule has 0 nitrogen and oxygen atoms in total. The summed E-state index contributed by atoms with van der Waals surface area (Å²) in [5.41, 5.74) is 7.69. The first-order chi connectivity index (χ1) is 13.7. The van der Waals surface area contributed by atoms with E-state index in [0.717, 1.165) is 24.0 Å². The highest BCUT2D eigenvalue weighted by molar-refractivity contribution is 6.30. The van der Waals surface area contributed by atoms with Gasteiger partial charge in [0.2, 0.25) is 0 Å². The average Bonchev–Trinajstić information content (AvgIpc) is 3.04. The van der Waals surface area contributed by atoms with E-state index >= 15 is 0 Å². The first kappa shape index (κ1) is 19.2. The van der Waals surface area contributed by atoms with Gasteiger partial charge in [0.1, 0.15) is 5.82 Å². The van der Waals surface area contributed by atoms with Crippen LogP contribution in [0.15, 0.2) is 54.6 Å². The van der Waals surface area contributed by atoms with Crippen LogP contribution in [0.25, 0.3) is 22.3 Å². The highest BCUT2D eigenvalue weighted by Crippen LogP contribution is 2.40. The lowest BCUT2D eigenvalue weighted by Gasteiger charge is -2.08. The second-order valence-corrected chi connectivity index (χ2v) is 8.27. The van der Waals surface area contributed by atoms with E-state index < -0.39 is 0 Å². The van der Waals surface area contributed by atoms with Crippen molar-refractivity contribution in [3.63, 3.8) is 0 Å². The zero-order valence-electron chi connectivity index (χ0n) is 16.4. The van der Waals surface area contributed by atoms with Crippen molar-refractivity contribution in [3.8, 4) is 22.3 Å². The maximum absolute atomic E-state index is 14.8. The Morgan fingerprint density at radius 2 is 1.54 bits per heavy atom.